The summed E-state index contributed by atoms with van der Waals surface area (Å²) >= 11 is 0. The van der Waals surface area contributed by atoms with E-state index in [4.69, 9.17) is 5.73 Å². The van der Waals surface area contributed by atoms with Crippen LogP contribution in [-0.2, 0) is 0 Å². The van der Waals surface area contributed by atoms with Crippen LogP contribution in [0.1, 0.15) is 33.6 Å². The predicted molar refractivity (Wildman–Crippen MR) is 69.9 cm³/mol. The van der Waals surface area contributed by atoms with E-state index in [2.05, 4.69) is 15.5 Å². The van der Waals surface area contributed by atoms with E-state index in [-0.39, 0.29) is 17.6 Å². The molecule has 1 rings (SSSR count). The Morgan fingerprint density at radius 3 is 2.76 bits per heavy atom. The molecule has 1 heterocycles. The SMILES string of the molecule is CC(C)(C)NC(=O)NC1CCCN(CCN)C1. The summed E-state index contributed by atoms with van der Waals surface area (Å²) in [6, 6.07) is 0.176. The zero-order valence-corrected chi connectivity index (χ0v) is 11.3. The standard InChI is InChI=1S/C12H26N4O/c1-12(2,3)15-11(17)14-10-5-4-7-16(9-10)8-6-13/h10H,4-9,13H2,1-3H3,(H2,14,15,17). The molecule has 2 amide bonds. The molecule has 0 spiro atoms. The number of hydrogen-bond acceptors (Lipinski definition) is 3. The molecule has 0 radical (unpaired) electrons. The molecule has 0 aromatic heterocycles. The highest BCUT2D eigenvalue weighted by Gasteiger charge is 2.22. The fourth-order valence-corrected chi connectivity index (χ4v) is 2.12. The minimum absolute atomic E-state index is 0.0721. The number of carbonyl (C=O) groups is 1. The first-order chi connectivity index (χ1) is 7.90. The summed E-state index contributed by atoms with van der Waals surface area (Å²) in [6.07, 6.45) is 2.18. The van der Waals surface area contributed by atoms with Crippen molar-refractivity contribution in [3.05, 3.63) is 0 Å². The molecule has 0 bridgehead atoms. The lowest BCUT2D eigenvalue weighted by molar-refractivity contribution is 0.186. The molecule has 5 heteroatoms. The number of urea groups is 1. The molecule has 1 aliphatic heterocycles. The van der Waals surface area contributed by atoms with Gasteiger partial charge in [-0.15, -0.1) is 0 Å². The van der Waals surface area contributed by atoms with Crippen LogP contribution in [0.15, 0.2) is 0 Å². The maximum absolute atomic E-state index is 11.7. The van der Waals surface area contributed by atoms with Gasteiger partial charge in [0.25, 0.3) is 0 Å². The lowest BCUT2D eigenvalue weighted by Gasteiger charge is -2.33. The average molecular weight is 242 g/mol. The molecule has 0 aromatic rings. The molecule has 4 N–H and O–H groups in total. The number of carbonyl (C=O) groups excluding carboxylic acids is 1. The van der Waals surface area contributed by atoms with E-state index >= 15 is 0 Å². The van der Waals surface area contributed by atoms with Crippen LogP contribution in [0.25, 0.3) is 0 Å². The number of rotatable bonds is 3. The van der Waals surface area contributed by atoms with Crippen LogP contribution in [0, 0.1) is 0 Å². The van der Waals surface area contributed by atoms with Gasteiger partial charge in [-0.25, -0.2) is 4.79 Å². The van der Waals surface area contributed by atoms with Crippen molar-refractivity contribution in [1.29, 1.82) is 0 Å². The molecule has 1 unspecified atom stereocenters. The second-order valence-corrected chi connectivity index (χ2v) is 5.78. The van der Waals surface area contributed by atoms with Crippen molar-refractivity contribution in [2.75, 3.05) is 26.2 Å². The minimum Gasteiger partial charge on any atom is -0.334 e. The molecule has 1 saturated heterocycles. The zero-order valence-electron chi connectivity index (χ0n) is 11.3. The number of hydrogen-bond donors (Lipinski definition) is 3. The van der Waals surface area contributed by atoms with E-state index < -0.39 is 0 Å². The quantitative estimate of drug-likeness (QED) is 0.675. The summed E-state index contributed by atoms with van der Waals surface area (Å²) in [4.78, 5) is 14.0. The Bertz CT molecular complexity index is 247. The lowest BCUT2D eigenvalue weighted by atomic mass is 10.1. The van der Waals surface area contributed by atoms with E-state index in [1.54, 1.807) is 0 Å². The van der Waals surface area contributed by atoms with Crippen molar-refractivity contribution in [2.45, 2.75) is 45.2 Å². The fourth-order valence-electron chi connectivity index (χ4n) is 2.12. The second kappa shape index (κ2) is 6.21. The summed E-state index contributed by atoms with van der Waals surface area (Å²) in [5.41, 5.74) is 5.36. The van der Waals surface area contributed by atoms with Gasteiger partial charge in [0.2, 0.25) is 0 Å². The second-order valence-electron chi connectivity index (χ2n) is 5.78. The van der Waals surface area contributed by atoms with Crippen molar-refractivity contribution in [2.24, 2.45) is 5.73 Å². The fraction of sp³-hybridized carbons (Fsp3) is 0.917. The Kier molecular flexibility index (Phi) is 5.21. The number of amides is 2. The van der Waals surface area contributed by atoms with Gasteiger partial charge in [-0.2, -0.15) is 0 Å². The molecule has 100 valence electrons. The highest BCUT2D eigenvalue weighted by atomic mass is 16.2. The van der Waals surface area contributed by atoms with Gasteiger partial charge < -0.3 is 21.3 Å². The number of nitrogens with two attached hydrogens (primary N) is 1. The maximum atomic E-state index is 11.7. The molecule has 1 atom stereocenters. The molecule has 0 saturated carbocycles. The van der Waals surface area contributed by atoms with Gasteiger partial charge in [0.1, 0.15) is 0 Å². The smallest absolute Gasteiger partial charge is 0.315 e. The van der Waals surface area contributed by atoms with Crippen LogP contribution in [-0.4, -0.2) is 48.7 Å². The molecule has 5 nitrogen and oxygen atoms in total. The van der Waals surface area contributed by atoms with Crippen LogP contribution in [0.4, 0.5) is 4.79 Å². The van der Waals surface area contributed by atoms with E-state index in [9.17, 15) is 4.79 Å². The van der Waals surface area contributed by atoms with E-state index in [1.165, 1.54) is 0 Å². The van der Waals surface area contributed by atoms with Crippen LogP contribution in [0.5, 0.6) is 0 Å². The topological polar surface area (TPSA) is 70.4 Å². The number of piperidine rings is 1. The van der Waals surface area contributed by atoms with Crippen molar-refractivity contribution in [3.63, 3.8) is 0 Å². The van der Waals surface area contributed by atoms with E-state index in [0.717, 1.165) is 32.5 Å². The van der Waals surface area contributed by atoms with Crippen LogP contribution < -0.4 is 16.4 Å². The Morgan fingerprint density at radius 1 is 1.47 bits per heavy atom. The first-order valence-corrected chi connectivity index (χ1v) is 6.42. The van der Waals surface area contributed by atoms with Crippen LogP contribution in [0.2, 0.25) is 0 Å². The van der Waals surface area contributed by atoms with Gasteiger partial charge in [0.05, 0.1) is 0 Å². The summed E-state index contributed by atoms with van der Waals surface area (Å²) in [6.45, 7) is 9.54. The lowest BCUT2D eigenvalue weighted by Crippen LogP contribution is -2.54. The molecule has 0 aromatic carbocycles. The first kappa shape index (κ1) is 14.3. The van der Waals surface area contributed by atoms with Crippen molar-refractivity contribution >= 4 is 6.03 Å². The Balaban J connectivity index is 2.33. The Labute approximate surface area is 104 Å². The van der Waals surface area contributed by atoms with Gasteiger partial charge in [0.15, 0.2) is 0 Å². The molecule has 1 aliphatic rings. The summed E-state index contributed by atoms with van der Waals surface area (Å²) < 4.78 is 0. The van der Waals surface area contributed by atoms with E-state index in [1.807, 2.05) is 20.8 Å². The van der Waals surface area contributed by atoms with Gasteiger partial charge >= 0.3 is 6.03 Å². The van der Waals surface area contributed by atoms with E-state index in [0.29, 0.717) is 6.54 Å². The van der Waals surface area contributed by atoms with Crippen LogP contribution in [0.3, 0.4) is 0 Å². The number of nitrogens with one attached hydrogen (secondary N) is 2. The summed E-state index contributed by atoms with van der Waals surface area (Å²) in [5, 5.41) is 5.95. The third-order valence-corrected chi connectivity index (χ3v) is 2.77. The summed E-state index contributed by atoms with van der Waals surface area (Å²) in [7, 11) is 0. The highest BCUT2D eigenvalue weighted by molar-refractivity contribution is 5.75. The molecular formula is C12H26N4O. The average Bonchev–Trinajstić information content (AvgIpc) is 2.15. The Hall–Kier alpha value is -0.810. The minimum atomic E-state index is -0.185. The van der Waals surface area contributed by atoms with Gasteiger partial charge in [0, 0.05) is 31.2 Å². The third-order valence-electron chi connectivity index (χ3n) is 2.77. The third kappa shape index (κ3) is 5.89. The maximum Gasteiger partial charge on any atom is 0.315 e. The largest absolute Gasteiger partial charge is 0.334 e. The molecule has 0 aliphatic carbocycles. The monoisotopic (exact) mass is 242 g/mol. The zero-order chi connectivity index (χ0) is 12.9. The van der Waals surface area contributed by atoms with Gasteiger partial charge in [-0.3, -0.25) is 0 Å². The molecule has 17 heavy (non-hydrogen) atoms. The van der Waals surface area contributed by atoms with Gasteiger partial charge in [-0.1, -0.05) is 0 Å². The van der Waals surface area contributed by atoms with Gasteiger partial charge in [-0.05, 0) is 40.2 Å². The Morgan fingerprint density at radius 2 is 2.18 bits per heavy atom. The normalized spacial score (nSPS) is 22.2. The molecular weight excluding hydrogens is 216 g/mol. The van der Waals surface area contributed by atoms with Crippen molar-refractivity contribution in [3.8, 4) is 0 Å². The number of nitrogens with zero attached hydrogens (tertiary/aromatic N) is 1. The van der Waals surface area contributed by atoms with Crippen molar-refractivity contribution < 1.29 is 4.79 Å². The summed E-state index contributed by atoms with van der Waals surface area (Å²) in [5.74, 6) is 0. The molecule has 1 fully saturated rings. The number of likely N-dealkylation sites (tertiary alicyclic amines) is 1. The van der Waals surface area contributed by atoms with Crippen molar-refractivity contribution in [1.82, 2.24) is 15.5 Å². The van der Waals surface area contributed by atoms with Crippen LogP contribution >= 0.6 is 0 Å². The highest BCUT2D eigenvalue weighted by Crippen LogP contribution is 2.09. The predicted octanol–water partition coefficient (Wildman–Crippen LogP) is 0.507. The first-order valence-electron chi connectivity index (χ1n) is 6.42.